The second kappa shape index (κ2) is 9.69. The molecular weight excluding hydrogens is 409 g/mol. The molecule has 4 rings (SSSR count). The number of benzene rings is 4. The van der Waals surface area contributed by atoms with E-state index >= 15 is 0 Å². The Hall–Kier alpha value is -4.28. The van der Waals surface area contributed by atoms with Crippen molar-refractivity contribution >= 4 is 17.8 Å². The Bertz CT molecular complexity index is 1400. The molecule has 0 saturated carbocycles. The molecule has 32 heavy (non-hydrogen) atoms. The highest BCUT2D eigenvalue weighted by atomic mass is 31.2. The highest BCUT2D eigenvalue weighted by molar-refractivity contribution is 7.83. The summed E-state index contributed by atoms with van der Waals surface area (Å²) >= 11 is 0. The minimum absolute atomic E-state index is 0.606. The lowest BCUT2D eigenvalue weighted by Gasteiger charge is -2.12. The van der Waals surface area contributed by atoms with Gasteiger partial charge in [-0.2, -0.15) is 5.26 Å². The normalized spacial score (nSPS) is 10.1. The van der Waals surface area contributed by atoms with Crippen LogP contribution < -0.4 is 10.6 Å². The van der Waals surface area contributed by atoms with Crippen LogP contribution in [0.1, 0.15) is 22.3 Å². The Morgan fingerprint density at radius 3 is 1.59 bits per heavy atom. The third kappa shape index (κ3) is 4.89. The summed E-state index contributed by atoms with van der Waals surface area (Å²) in [4.78, 5) is 0. The maximum absolute atomic E-state index is 14.0. The lowest BCUT2D eigenvalue weighted by Crippen LogP contribution is -2.14. The zero-order chi connectivity index (χ0) is 22.2. The topological polar surface area (TPSA) is 40.9 Å². The number of nitrogens with zero attached hydrogens (tertiary/aromatic N) is 1. The van der Waals surface area contributed by atoms with E-state index in [4.69, 9.17) is 5.26 Å². The SMILES string of the molecule is N#Cc1ccc(C#Cc2cccc(C#CP(=O)(c3ccccc3)c3ccccc3)c2)cc1. The Balaban J connectivity index is 1.67. The number of hydrogen-bond acceptors (Lipinski definition) is 2. The van der Waals surface area contributed by atoms with Crippen LogP contribution in [0.25, 0.3) is 0 Å². The quantitative estimate of drug-likeness (QED) is 0.323. The molecule has 3 heteroatoms. The van der Waals surface area contributed by atoms with Crippen molar-refractivity contribution < 1.29 is 4.57 Å². The van der Waals surface area contributed by atoms with Gasteiger partial charge in [-0.15, -0.1) is 0 Å². The third-order valence-corrected chi connectivity index (χ3v) is 7.30. The summed E-state index contributed by atoms with van der Waals surface area (Å²) in [7, 11) is -3.10. The van der Waals surface area contributed by atoms with E-state index in [1.807, 2.05) is 97.1 Å². The summed E-state index contributed by atoms with van der Waals surface area (Å²) in [5, 5.41) is 10.3. The van der Waals surface area contributed by atoms with Crippen LogP contribution >= 0.6 is 7.14 Å². The molecule has 0 unspecified atom stereocenters. The Labute approximate surface area is 188 Å². The zero-order valence-electron chi connectivity index (χ0n) is 17.2. The van der Waals surface area contributed by atoms with E-state index in [-0.39, 0.29) is 0 Å². The van der Waals surface area contributed by atoms with E-state index in [9.17, 15) is 4.57 Å². The summed E-state index contributed by atoms with van der Waals surface area (Å²) in [6.07, 6.45) is 0. The van der Waals surface area contributed by atoms with Gasteiger partial charge in [0, 0.05) is 27.3 Å². The lowest BCUT2D eigenvalue weighted by atomic mass is 10.1. The highest BCUT2D eigenvalue weighted by Gasteiger charge is 2.24. The van der Waals surface area contributed by atoms with Gasteiger partial charge >= 0.3 is 0 Å². The first-order valence-corrected chi connectivity index (χ1v) is 11.7. The largest absolute Gasteiger partial charge is 0.300 e. The van der Waals surface area contributed by atoms with Gasteiger partial charge in [-0.1, -0.05) is 84.5 Å². The van der Waals surface area contributed by atoms with Gasteiger partial charge in [-0.3, -0.25) is 4.57 Å². The van der Waals surface area contributed by atoms with Crippen molar-refractivity contribution in [1.29, 1.82) is 5.26 Å². The molecule has 0 aromatic heterocycles. The van der Waals surface area contributed by atoms with E-state index in [2.05, 4.69) is 29.5 Å². The fraction of sp³-hybridized carbons (Fsp3) is 0. The summed E-state index contributed by atoms with van der Waals surface area (Å²) in [6.45, 7) is 0. The molecule has 4 aromatic carbocycles. The van der Waals surface area contributed by atoms with Crippen molar-refractivity contribution in [2.75, 3.05) is 0 Å². The second-order valence-corrected chi connectivity index (χ2v) is 9.51. The lowest BCUT2D eigenvalue weighted by molar-refractivity contribution is 0.593. The summed E-state index contributed by atoms with van der Waals surface area (Å²) in [5.41, 5.74) is 6.09. The average Bonchev–Trinajstić information content (AvgIpc) is 2.87. The molecule has 150 valence electrons. The van der Waals surface area contributed by atoms with Crippen LogP contribution in [0, 0.1) is 34.8 Å². The third-order valence-electron chi connectivity index (χ3n) is 4.83. The Kier molecular flexibility index (Phi) is 6.35. The molecule has 0 N–H and O–H groups in total. The van der Waals surface area contributed by atoms with Crippen LogP contribution in [0.4, 0.5) is 0 Å². The Morgan fingerprint density at radius 2 is 1.03 bits per heavy atom. The van der Waals surface area contributed by atoms with Crippen LogP contribution in [0.5, 0.6) is 0 Å². The van der Waals surface area contributed by atoms with Gasteiger partial charge in [-0.25, -0.2) is 0 Å². The van der Waals surface area contributed by atoms with Crippen molar-refractivity contribution in [3.05, 3.63) is 131 Å². The monoisotopic (exact) mass is 427 g/mol. The van der Waals surface area contributed by atoms with Crippen LogP contribution in [0.3, 0.4) is 0 Å². The number of hydrogen-bond donors (Lipinski definition) is 0. The Morgan fingerprint density at radius 1 is 0.531 bits per heavy atom. The summed E-state index contributed by atoms with van der Waals surface area (Å²) in [5.74, 6) is 9.35. The summed E-state index contributed by atoms with van der Waals surface area (Å²) < 4.78 is 14.0. The van der Waals surface area contributed by atoms with E-state index in [0.717, 1.165) is 27.3 Å². The second-order valence-electron chi connectivity index (χ2n) is 7.04. The molecule has 0 bridgehead atoms. The number of nitriles is 1. The zero-order valence-corrected chi connectivity index (χ0v) is 18.1. The molecule has 0 atom stereocenters. The fourth-order valence-electron chi connectivity index (χ4n) is 3.14. The first kappa shape index (κ1) is 21.0. The van der Waals surface area contributed by atoms with Crippen molar-refractivity contribution in [3.8, 4) is 29.5 Å². The van der Waals surface area contributed by atoms with Gasteiger partial charge in [0.15, 0.2) is 0 Å². The van der Waals surface area contributed by atoms with Gasteiger partial charge in [0.05, 0.1) is 11.6 Å². The van der Waals surface area contributed by atoms with E-state index in [1.165, 1.54) is 0 Å². The van der Waals surface area contributed by atoms with Gasteiger partial charge < -0.3 is 0 Å². The molecule has 0 aliphatic heterocycles. The van der Waals surface area contributed by atoms with Crippen LogP contribution in [-0.2, 0) is 4.57 Å². The molecule has 0 saturated heterocycles. The predicted octanol–water partition coefficient (Wildman–Crippen LogP) is 5.28. The predicted molar refractivity (Wildman–Crippen MR) is 130 cm³/mol. The van der Waals surface area contributed by atoms with Crippen molar-refractivity contribution in [3.63, 3.8) is 0 Å². The molecule has 0 radical (unpaired) electrons. The van der Waals surface area contributed by atoms with Crippen LogP contribution in [0.15, 0.2) is 109 Å². The summed E-state index contributed by atoms with van der Waals surface area (Å²) in [6, 6.07) is 35.6. The van der Waals surface area contributed by atoms with Crippen molar-refractivity contribution in [2.24, 2.45) is 0 Å². The molecule has 0 spiro atoms. The van der Waals surface area contributed by atoms with E-state index in [0.29, 0.717) is 5.56 Å². The van der Waals surface area contributed by atoms with Crippen LogP contribution in [0.2, 0.25) is 0 Å². The van der Waals surface area contributed by atoms with Crippen molar-refractivity contribution in [1.82, 2.24) is 0 Å². The maximum atomic E-state index is 14.0. The van der Waals surface area contributed by atoms with Gasteiger partial charge in [0.25, 0.3) is 0 Å². The average molecular weight is 427 g/mol. The highest BCUT2D eigenvalue weighted by Crippen LogP contribution is 2.41. The molecule has 0 fully saturated rings. The molecule has 0 heterocycles. The molecule has 4 aromatic rings. The molecule has 0 aliphatic rings. The molecule has 2 nitrogen and oxygen atoms in total. The minimum atomic E-state index is -3.10. The minimum Gasteiger partial charge on any atom is -0.300 e. The first-order chi connectivity index (χ1) is 15.7. The van der Waals surface area contributed by atoms with E-state index in [1.54, 1.807) is 12.1 Å². The van der Waals surface area contributed by atoms with Crippen molar-refractivity contribution in [2.45, 2.75) is 0 Å². The van der Waals surface area contributed by atoms with E-state index < -0.39 is 7.14 Å². The smallest absolute Gasteiger partial charge is 0.211 e. The first-order valence-electron chi connectivity index (χ1n) is 10.0. The standard InChI is InChI=1S/C29H18NOP/c30-23-27-18-15-24(16-19-27)14-17-25-8-7-9-26(22-25)20-21-32(31,28-10-3-1-4-11-28)29-12-5-2-6-13-29/h1-13,15-16,18-19,22H. The molecule has 0 aliphatic carbocycles. The van der Waals surface area contributed by atoms with Gasteiger partial charge in [0.1, 0.15) is 0 Å². The van der Waals surface area contributed by atoms with Gasteiger partial charge in [-0.05, 0) is 48.1 Å². The van der Waals surface area contributed by atoms with Crippen LogP contribution in [-0.4, -0.2) is 0 Å². The molecular formula is C29H18NOP. The maximum Gasteiger partial charge on any atom is 0.211 e. The fourth-order valence-corrected chi connectivity index (χ4v) is 5.17. The molecule has 0 amide bonds. The van der Waals surface area contributed by atoms with Gasteiger partial charge in [0.2, 0.25) is 7.14 Å². The number of rotatable bonds is 2.